The van der Waals surface area contributed by atoms with Crippen molar-refractivity contribution in [2.45, 2.75) is 26.3 Å². The molecule has 0 radical (unpaired) electrons. The van der Waals surface area contributed by atoms with Crippen LogP contribution in [0.4, 0.5) is 4.79 Å². The van der Waals surface area contributed by atoms with E-state index in [-0.39, 0.29) is 11.9 Å². The van der Waals surface area contributed by atoms with Crippen LogP contribution in [-0.2, 0) is 10.3 Å². The number of benzene rings is 1. The van der Waals surface area contributed by atoms with E-state index in [1.54, 1.807) is 30.9 Å². The van der Waals surface area contributed by atoms with E-state index in [1.807, 2.05) is 32.0 Å². The zero-order chi connectivity index (χ0) is 18.6. The van der Waals surface area contributed by atoms with Crippen molar-refractivity contribution in [3.8, 4) is 11.5 Å². The third-order valence-corrected chi connectivity index (χ3v) is 4.54. The van der Waals surface area contributed by atoms with Crippen molar-refractivity contribution in [1.82, 2.24) is 15.1 Å². The van der Waals surface area contributed by atoms with E-state index < -0.39 is 5.54 Å². The zero-order valence-corrected chi connectivity index (χ0v) is 15.6. The average molecular weight is 349 g/mol. The number of methoxy groups -OCH3 is 2. The molecule has 7 heteroatoms. The fourth-order valence-corrected chi connectivity index (χ4v) is 2.87. The van der Waals surface area contributed by atoms with Gasteiger partial charge in [0.05, 0.1) is 19.8 Å². The molecule has 138 valence electrons. The summed E-state index contributed by atoms with van der Waals surface area (Å²) in [6.07, 6.45) is 0. The van der Waals surface area contributed by atoms with Crippen LogP contribution in [0.2, 0.25) is 0 Å². The Kier molecular flexibility index (Phi) is 5.77. The quantitative estimate of drug-likeness (QED) is 0.900. The molecular formula is C18H27N3O4. The Morgan fingerprint density at radius 2 is 1.56 bits per heavy atom. The fraction of sp³-hybridized carbons (Fsp3) is 0.556. The number of carbonyl (C=O) groups excluding carboxylic acids is 2. The first-order chi connectivity index (χ1) is 11.8. The van der Waals surface area contributed by atoms with Gasteiger partial charge in [-0.3, -0.25) is 4.79 Å². The van der Waals surface area contributed by atoms with Crippen LogP contribution in [0.3, 0.4) is 0 Å². The van der Waals surface area contributed by atoms with Gasteiger partial charge in [-0.25, -0.2) is 4.79 Å². The molecule has 1 aliphatic heterocycles. The molecule has 1 N–H and O–H groups in total. The van der Waals surface area contributed by atoms with E-state index in [4.69, 9.17) is 9.47 Å². The molecule has 2 rings (SSSR count). The molecule has 0 aromatic heterocycles. The molecule has 0 aliphatic carbocycles. The Balaban J connectivity index is 2.05. The zero-order valence-electron chi connectivity index (χ0n) is 15.6. The summed E-state index contributed by atoms with van der Waals surface area (Å²) in [5.74, 6) is 1.32. The van der Waals surface area contributed by atoms with Gasteiger partial charge in [-0.05, 0) is 31.5 Å². The predicted octanol–water partition coefficient (Wildman–Crippen LogP) is 1.81. The van der Waals surface area contributed by atoms with Crippen molar-refractivity contribution in [2.24, 2.45) is 0 Å². The van der Waals surface area contributed by atoms with Crippen molar-refractivity contribution >= 4 is 11.9 Å². The molecule has 1 heterocycles. The number of carbonyl (C=O) groups is 2. The molecular weight excluding hydrogens is 322 g/mol. The Morgan fingerprint density at radius 3 is 2.08 bits per heavy atom. The predicted molar refractivity (Wildman–Crippen MR) is 94.9 cm³/mol. The van der Waals surface area contributed by atoms with E-state index in [2.05, 4.69) is 5.32 Å². The molecule has 0 bridgehead atoms. The summed E-state index contributed by atoms with van der Waals surface area (Å²) in [6.45, 7) is 7.64. The van der Waals surface area contributed by atoms with Crippen LogP contribution in [-0.4, -0.2) is 62.1 Å². The van der Waals surface area contributed by atoms with E-state index in [1.165, 1.54) is 0 Å². The maximum atomic E-state index is 12.6. The number of rotatable bonds is 4. The monoisotopic (exact) mass is 349 g/mol. The summed E-state index contributed by atoms with van der Waals surface area (Å²) < 4.78 is 10.6. The number of nitrogens with zero attached hydrogens (tertiary/aromatic N) is 2. The second-order valence-corrected chi connectivity index (χ2v) is 6.62. The first kappa shape index (κ1) is 18.9. The molecule has 25 heavy (non-hydrogen) atoms. The number of hydrogen-bond donors (Lipinski definition) is 1. The van der Waals surface area contributed by atoms with E-state index in [0.29, 0.717) is 37.7 Å². The van der Waals surface area contributed by atoms with E-state index >= 15 is 0 Å². The summed E-state index contributed by atoms with van der Waals surface area (Å²) in [7, 11) is 3.17. The Labute approximate surface area is 148 Å². The number of piperazine rings is 1. The lowest BCUT2D eigenvalue weighted by Gasteiger charge is -2.37. The molecule has 1 fully saturated rings. The standard InChI is InChI=1S/C18H27N3O4/c1-13(22)20-8-10-21(11-9-20)17(23)19-18(2,3)14-6-7-15(24-4)16(12-14)25-5/h6-7,12H,8-11H2,1-5H3,(H,19,23). The largest absolute Gasteiger partial charge is 0.493 e. The highest BCUT2D eigenvalue weighted by Crippen LogP contribution is 2.32. The van der Waals surface area contributed by atoms with Gasteiger partial charge >= 0.3 is 6.03 Å². The average Bonchev–Trinajstić information content (AvgIpc) is 2.60. The molecule has 0 saturated carbocycles. The Hall–Kier alpha value is -2.44. The molecule has 0 unspecified atom stereocenters. The van der Waals surface area contributed by atoms with E-state index in [9.17, 15) is 9.59 Å². The van der Waals surface area contributed by atoms with Gasteiger partial charge < -0.3 is 24.6 Å². The number of amides is 3. The highest BCUT2D eigenvalue weighted by molar-refractivity contribution is 5.77. The van der Waals surface area contributed by atoms with Crippen LogP contribution < -0.4 is 14.8 Å². The van der Waals surface area contributed by atoms with E-state index in [0.717, 1.165) is 5.56 Å². The maximum Gasteiger partial charge on any atom is 0.318 e. The van der Waals surface area contributed by atoms with Gasteiger partial charge in [0.1, 0.15) is 0 Å². The molecule has 3 amide bonds. The lowest BCUT2D eigenvalue weighted by atomic mass is 9.94. The normalized spacial score (nSPS) is 14.9. The summed E-state index contributed by atoms with van der Waals surface area (Å²) in [5, 5.41) is 3.06. The minimum absolute atomic E-state index is 0.0470. The van der Waals surface area contributed by atoms with Crippen molar-refractivity contribution in [2.75, 3.05) is 40.4 Å². The third kappa shape index (κ3) is 4.35. The number of ether oxygens (including phenoxy) is 2. The van der Waals surface area contributed by atoms with Crippen molar-refractivity contribution in [1.29, 1.82) is 0 Å². The number of urea groups is 1. The first-order valence-electron chi connectivity index (χ1n) is 8.33. The lowest BCUT2D eigenvalue weighted by Crippen LogP contribution is -2.55. The summed E-state index contributed by atoms with van der Waals surface area (Å²) in [4.78, 5) is 27.5. The molecule has 0 spiro atoms. The van der Waals surface area contributed by atoms with Crippen LogP contribution >= 0.6 is 0 Å². The minimum atomic E-state index is -0.575. The molecule has 1 aromatic carbocycles. The summed E-state index contributed by atoms with van der Waals surface area (Å²) >= 11 is 0. The highest BCUT2D eigenvalue weighted by atomic mass is 16.5. The Morgan fingerprint density at radius 1 is 1.00 bits per heavy atom. The fourth-order valence-electron chi connectivity index (χ4n) is 2.87. The van der Waals surface area contributed by atoms with Crippen molar-refractivity contribution in [3.05, 3.63) is 23.8 Å². The lowest BCUT2D eigenvalue weighted by molar-refractivity contribution is -0.130. The molecule has 1 aliphatic rings. The SMILES string of the molecule is COc1ccc(C(C)(C)NC(=O)N2CCN(C(C)=O)CC2)cc1OC. The summed E-state index contributed by atoms with van der Waals surface area (Å²) in [5.41, 5.74) is 0.342. The molecule has 1 aromatic rings. The Bertz CT molecular complexity index is 637. The van der Waals surface area contributed by atoms with Crippen LogP contribution in [0.25, 0.3) is 0 Å². The second kappa shape index (κ2) is 7.63. The molecule has 0 atom stereocenters. The van der Waals surface area contributed by atoms with Gasteiger partial charge in [-0.1, -0.05) is 6.07 Å². The third-order valence-electron chi connectivity index (χ3n) is 4.54. The van der Waals surface area contributed by atoms with Gasteiger partial charge in [-0.2, -0.15) is 0 Å². The van der Waals surface area contributed by atoms with Gasteiger partial charge in [0.15, 0.2) is 11.5 Å². The highest BCUT2D eigenvalue weighted by Gasteiger charge is 2.29. The van der Waals surface area contributed by atoms with Gasteiger partial charge in [0.25, 0.3) is 0 Å². The minimum Gasteiger partial charge on any atom is -0.493 e. The second-order valence-electron chi connectivity index (χ2n) is 6.62. The van der Waals surface area contributed by atoms with Crippen molar-refractivity contribution in [3.63, 3.8) is 0 Å². The van der Waals surface area contributed by atoms with Crippen LogP contribution in [0, 0.1) is 0 Å². The van der Waals surface area contributed by atoms with Crippen molar-refractivity contribution < 1.29 is 19.1 Å². The number of nitrogens with one attached hydrogen (secondary N) is 1. The van der Waals surface area contributed by atoms with Gasteiger partial charge in [0.2, 0.25) is 5.91 Å². The van der Waals surface area contributed by atoms with Crippen LogP contribution in [0.5, 0.6) is 11.5 Å². The molecule has 1 saturated heterocycles. The first-order valence-corrected chi connectivity index (χ1v) is 8.33. The smallest absolute Gasteiger partial charge is 0.318 e. The van der Waals surface area contributed by atoms with Gasteiger partial charge in [-0.15, -0.1) is 0 Å². The van der Waals surface area contributed by atoms with Crippen LogP contribution in [0.15, 0.2) is 18.2 Å². The number of hydrogen-bond acceptors (Lipinski definition) is 4. The topological polar surface area (TPSA) is 71.1 Å². The van der Waals surface area contributed by atoms with Crippen LogP contribution in [0.1, 0.15) is 26.3 Å². The molecule has 7 nitrogen and oxygen atoms in total. The summed E-state index contributed by atoms with van der Waals surface area (Å²) in [6, 6.07) is 5.47. The van der Waals surface area contributed by atoms with Gasteiger partial charge in [0, 0.05) is 33.1 Å². The maximum absolute atomic E-state index is 12.6.